The summed E-state index contributed by atoms with van der Waals surface area (Å²) in [4.78, 5) is 24.1. The molecule has 110 valence electrons. The first-order valence-electron chi connectivity index (χ1n) is 6.23. The summed E-state index contributed by atoms with van der Waals surface area (Å²) in [7, 11) is 0. The molecule has 1 aliphatic rings. The van der Waals surface area contributed by atoms with E-state index in [1.165, 1.54) is 12.1 Å². The molecule has 0 spiro atoms. The van der Waals surface area contributed by atoms with Crippen LogP contribution < -0.4 is 5.32 Å². The molecule has 1 unspecified atom stereocenters. The highest BCUT2D eigenvalue weighted by molar-refractivity contribution is 6.01. The number of nitrogens with one attached hydrogen (secondary N) is 2. The van der Waals surface area contributed by atoms with Crippen molar-refractivity contribution in [1.82, 2.24) is 15.2 Å². The van der Waals surface area contributed by atoms with Gasteiger partial charge in [-0.15, -0.1) is 5.10 Å². The number of anilines is 1. The molecule has 1 amide bonds. The van der Waals surface area contributed by atoms with Gasteiger partial charge in [-0.3, -0.25) is 10.1 Å². The lowest BCUT2D eigenvalue weighted by atomic mass is 10.2. The number of amides is 1. The molecule has 1 fully saturated rings. The van der Waals surface area contributed by atoms with Gasteiger partial charge >= 0.3 is 11.8 Å². The van der Waals surface area contributed by atoms with Gasteiger partial charge in [-0.2, -0.15) is 0 Å². The Kier molecular flexibility index (Phi) is 3.36. The lowest BCUT2D eigenvalue weighted by molar-refractivity contribution is -0.389. The van der Waals surface area contributed by atoms with E-state index in [0.29, 0.717) is 12.5 Å². The molecule has 2 aromatic heterocycles. The minimum Gasteiger partial charge on any atom is -0.405 e. The number of carbonyl (C=O) groups is 1. The van der Waals surface area contributed by atoms with Gasteiger partial charge in [0.25, 0.3) is 5.91 Å². The summed E-state index contributed by atoms with van der Waals surface area (Å²) in [6, 6.07) is 2.41. The molecule has 10 heteroatoms. The topological polar surface area (TPSA) is 136 Å². The summed E-state index contributed by atoms with van der Waals surface area (Å²) < 4.78 is 10.7. The van der Waals surface area contributed by atoms with Crippen LogP contribution in [0.15, 0.2) is 16.5 Å². The summed E-state index contributed by atoms with van der Waals surface area (Å²) in [5.41, 5.74) is 0.0265. The van der Waals surface area contributed by atoms with Crippen molar-refractivity contribution in [1.29, 1.82) is 0 Å². The molecule has 2 aromatic rings. The van der Waals surface area contributed by atoms with Gasteiger partial charge in [0.1, 0.15) is 6.10 Å². The van der Waals surface area contributed by atoms with Crippen LogP contribution in [0.4, 0.5) is 11.8 Å². The Morgan fingerprint density at radius 3 is 3.00 bits per heavy atom. The van der Waals surface area contributed by atoms with Crippen molar-refractivity contribution >= 4 is 17.7 Å². The molecule has 0 aromatic carbocycles. The molecule has 2 N–H and O–H groups in total. The predicted molar refractivity (Wildman–Crippen MR) is 67.6 cm³/mol. The van der Waals surface area contributed by atoms with Crippen LogP contribution in [0.3, 0.4) is 0 Å². The van der Waals surface area contributed by atoms with Crippen LogP contribution in [0, 0.1) is 10.1 Å². The zero-order valence-electron chi connectivity index (χ0n) is 10.7. The third-order valence-electron chi connectivity index (χ3n) is 2.98. The van der Waals surface area contributed by atoms with Gasteiger partial charge in [-0.05, 0) is 23.8 Å². The zero-order valence-corrected chi connectivity index (χ0v) is 10.7. The Hall–Kier alpha value is -2.75. The van der Waals surface area contributed by atoms with Crippen molar-refractivity contribution in [2.24, 2.45) is 0 Å². The van der Waals surface area contributed by atoms with Crippen LogP contribution in [-0.2, 0) is 4.74 Å². The van der Waals surface area contributed by atoms with E-state index in [1.807, 2.05) is 0 Å². The molecule has 0 aliphatic carbocycles. The van der Waals surface area contributed by atoms with Gasteiger partial charge in [0.15, 0.2) is 5.69 Å². The summed E-state index contributed by atoms with van der Waals surface area (Å²) >= 11 is 0. The van der Waals surface area contributed by atoms with Crippen molar-refractivity contribution in [3.8, 4) is 0 Å². The van der Waals surface area contributed by atoms with E-state index in [1.54, 1.807) is 0 Å². The maximum absolute atomic E-state index is 11.9. The molecule has 21 heavy (non-hydrogen) atoms. The van der Waals surface area contributed by atoms with E-state index in [9.17, 15) is 14.9 Å². The van der Waals surface area contributed by atoms with Gasteiger partial charge < -0.3 is 19.3 Å². The Morgan fingerprint density at radius 1 is 1.48 bits per heavy atom. The molecular formula is C11H11N5O5. The van der Waals surface area contributed by atoms with E-state index in [2.05, 4.69) is 20.5 Å². The first-order chi connectivity index (χ1) is 10.1. The Labute approximate surface area is 117 Å². The first kappa shape index (κ1) is 13.2. The van der Waals surface area contributed by atoms with E-state index < -0.39 is 10.8 Å². The summed E-state index contributed by atoms with van der Waals surface area (Å²) in [6.45, 7) is 0.640. The lowest BCUT2D eigenvalue weighted by Crippen LogP contribution is -2.12. The first-order valence-corrected chi connectivity index (χ1v) is 6.23. The fourth-order valence-corrected chi connectivity index (χ4v) is 1.97. The van der Waals surface area contributed by atoms with Crippen molar-refractivity contribution in [2.45, 2.75) is 18.9 Å². The summed E-state index contributed by atoms with van der Waals surface area (Å²) in [5, 5.41) is 20.4. The van der Waals surface area contributed by atoms with Crippen molar-refractivity contribution in [3.63, 3.8) is 0 Å². The van der Waals surface area contributed by atoms with Gasteiger partial charge in [0.2, 0.25) is 5.89 Å². The van der Waals surface area contributed by atoms with Crippen LogP contribution in [0.1, 0.15) is 35.3 Å². The number of aromatic amines is 1. The highest BCUT2D eigenvalue weighted by Gasteiger charge is 2.24. The quantitative estimate of drug-likeness (QED) is 0.642. The summed E-state index contributed by atoms with van der Waals surface area (Å²) in [6.07, 6.45) is 1.47. The van der Waals surface area contributed by atoms with E-state index in [0.717, 1.165) is 12.8 Å². The SMILES string of the molecule is O=C(Nc1nnc(C2CCCO2)o1)c1ccc([N+](=O)[O-])[nH]1. The minimum atomic E-state index is -0.626. The van der Waals surface area contributed by atoms with Crippen LogP contribution in [-0.4, -0.2) is 32.6 Å². The predicted octanol–water partition coefficient (Wildman–Crippen LogP) is 1.41. The van der Waals surface area contributed by atoms with Gasteiger partial charge in [0.05, 0.1) is 0 Å². The molecule has 0 radical (unpaired) electrons. The standard InChI is InChI=1S/C11H11N5O5/c17-9(6-3-4-8(12-6)16(18)19)13-11-15-14-10(21-11)7-2-1-5-20-7/h3-4,7,12H,1-2,5H2,(H,13,15,17). The summed E-state index contributed by atoms with van der Waals surface area (Å²) in [5.74, 6) is -0.573. The van der Waals surface area contributed by atoms with Crippen LogP contribution in [0.25, 0.3) is 0 Å². The van der Waals surface area contributed by atoms with Crippen LogP contribution in [0.5, 0.6) is 0 Å². The number of aromatic nitrogens is 3. The Morgan fingerprint density at radius 2 is 2.33 bits per heavy atom. The fourth-order valence-electron chi connectivity index (χ4n) is 1.97. The van der Waals surface area contributed by atoms with Crippen LogP contribution in [0.2, 0.25) is 0 Å². The number of H-pyrrole nitrogens is 1. The van der Waals surface area contributed by atoms with Crippen LogP contribution >= 0.6 is 0 Å². The lowest BCUT2D eigenvalue weighted by Gasteiger charge is -2.01. The molecule has 0 bridgehead atoms. The Balaban J connectivity index is 1.67. The maximum Gasteiger partial charge on any atom is 0.322 e. The number of nitro groups is 1. The number of hydrogen-bond acceptors (Lipinski definition) is 7. The fraction of sp³-hybridized carbons (Fsp3) is 0.364. The molecule has 3 rings (SSSR count). The van der Waals surface area contributed by atoms with E-state index in [-0.39, 0.29) is 23.6 Å². The highest BCUT2D eigenvalue weighted by atomic mass is 16.6. The normalized spacial score (nSPS) is 17.8. The third kappa shape index (κ3) is 2.74. The molecule has 0 saturated carbocycles. The van der Waals surface area contributed by atoms with E-state index >= 15 is 0 Å². The number of rotatable bonds is 4. The number of ether oxygens (including phenoxy) is 1. The number of nitrogens with zero attached hydrogens (tertiary/aromatic N) is 3. The molecule has 1 atom stereocenters. The smallest absolute Gasteiger partial charge is 0.322 e. The van der Waals surface area contributed by atoms with Gasteiger partial charge in [-0.1, -0.05) is 5.10 Å². The minimum absolute atomic E-state index is 0.0265. The zero-order chi connectivity index (χ0) is 14.8. The average molecular weight is 293 g/mol. The second kappa shape index (κ2) is 5.32. The molecule has 10 nitrogen and oxygen atoms in total. The molecular weight excluding hydrogens is 282 g/mol. The third-order valence-corrected chi connectivity index (χ3v) is 2.98. The molecule has 1 aliphatic heterocycles. The largest absolute Gasteiger partial charge is 0.405 e. The van der Waals surface area contributed by atoms with Gasteiger partial charge in [0, 0.05) is 12.7 Å². The second-order valence-corrected chi connectivity index (χ2v) is 4.42. The maximum atomic E-state index is 11.9. The molecule has 3 heterocycles. The van der Waals surface area contributed by atoms with Gasteiger partial charge in [-0.25, -0.2) is 4.98 Å². The Bertz CT molecular complexity index is 672. The number of hydrogen-bond donors (Lipinski definition) is 2. The highest BCUT2D eigenvalue weighted by Crippen LogP contribution is 2.28. The number of carbonyl (C=O) groups excluding carboxylic acids is 1. The average Bonchev–Trinajstić information content (AvgIpc) is 3.19. The monoisotopic (exact) mass is 293 g/mol. The van der Waals surface area contributed by atoms with Crippen molar-refractivity contribution < 1.29 is 18.9 Å². The molecule has 1 saturated heterocycles. The van der Waals surface area contributed by atoms with Crippen molar-refractivity contribution in [2.75, 3.05) is 11.9 Å². The second-order valence-electron chi connectivity index (χ2n) is 4.42. The van der Waals surface area contributed by atoms with Crippen molar-refractivity contribution in [3.05, 3.63) is 33.8 Å². The van der Waals surface area contributed by atoms with E-state index in [4.69, 9.17) is 9.15 Å².